The van der Waals surface area contributed by atoms with E-state index < -0.39 is 0 Å². The number of aromatic nitrogens is 2. The molecule has 0 amide bonds. The molecule has 1 aromatic carbocycles. The van der Waals surface area contributed by atoms with Crippen molar-refractivity contribution >= 4 is 38.6 Å². The second-order valence-corrected chi connectivity index (χ2v) is 7.04. The van der Waals surface area contributed by atoms with Gasteiger partial charge in [-0.2, -0.15) is 0 Å². The Balaban J connectivity index is 2.32. The molecule has 1 aromatic heterocycles. The fourth-order valence-electron chi connectivity index (χ4n) is 2.84. The molecule has 1 atom stereocenters. The summed E-state index contributed by atoms with van der Waals surface area (Å²) in [4.78, 5) is 4.53. The van der Waals surface area contributed by atoms with Crippen molar-refractivity contribution in [3.63, 3.8) is 0 Å². The summed E-state index contributed by atoms with van der Waals surface area (Å²) in [5, 5.41) is -0.188. The first-order chi connectivity index (χ1) is 8.92. The Morgan fingerprint density at radius 1 is 1.47 bits per heavy atom. The number of benzene rings is 1. The molecule has 1 heterocycles. The zero-order valence-electron chi connectivity index (χ0n) is 10.9. The highest BCUT2D eigenvalue weighted by atomic mass is 79.9. The van der Waals surface area contributed by atoms with Crippen molar-refractivity contribution in [2.45, 2.75) is 44.0 Å². The van der Waals surface area contributed by atoms with Gasteiger partial charge in [-0.05, 0) is 55.1 Å². The predicted molar refractivity (Wildman–Crippen MR) is 79.2 cm³/mol. The number of rotatable bonds is 2. The van der Waals surface area contributed by atoms with Crippen LogP contribution in [-0.2, 0) is 5.54 Å². The third-order valence-electron chi connectivity index (χ3n) is 4.05. The first-order valence-electron chi connectivity index (χ1n) is 6.44. The van der Waals surface area contributed by atoms with Crippen molar-refractivity contribution in [3.05, 3.63) is 28.2 Å². The summed E-state index contributed by atoms with van der Waals surface area (Å²) < 4.78 is 16.3. The highest BCUT2D eigenvalue weighted by molar-refractivity contribution is 9.10. The van der Waals surface area contributed by atoms with Gasteiger partial charge in [0.05, 0.1) is 20.9 Å². The lowest BCUT2D eigenvalue weighted by molar-refractivity contribution is 0.169. The van der Waals surface area contributed by atoms with Crippen molar-refractivity contribution in [1.82, 2.24) is 9.55 Å². The van der Waals surface area contributed by atoms with Gasteiger partial charge in [0, 0.05) is 11.6 Å². The average molecular weight is 346 g/mol. The molecular weight excluding hydrogens is 331 g/mol. The monoisotopic (exact) mass is 344 g/mol. The van der Waals surface area contributed by atoms with Gasteiger partial charge in [-0.3, -0.25) is 0 Å². The van der Waals surface area contributed by atoms with E-state index in [0.29, 0.717) is 9.99 Å². The third-order valence-corrected chi connectivity index (χ3v) is 4.85. The largest absolute Gasteiger partial charge is 0.321 e. The van der Waals surface area contributed by atoms with E-state index in [0.717, 1.165) is 24.2 Å². The van der Waals surface area contributed by atoms with Crippen molar-refractivity contribution in [2.24, 2.45) is 0 Å². The second-order valence-electron chi connectivity index (χ2n) is 5.53. The topological polar surface area (TPSA) is 17.8 Å². The molecule has 1 unspecified atom stereocenters. The number of fused-ring (bicyclic) bond motifs is 1. The van der Waals surface area contributed by atoms with Crippen LogP contribution in [0.3, 0.4) is 0 Å². The summed E-state index contributed by atoms with van der Waals surface area (Å²) >= 11 is 9.51. The zero-order chi connectivity index (χ0) is 13.8. The van der Waals surface area contributed by atoms with Crippen LogP contribution in [0.25, 0.3) is 11.0 Å². The van der Waals surface area contributed by atoms with Gasteiger partial charge in [0.15, 0.2) is 0 Å². The molecule has 19 heavy (non-hydrogen) atoms. The van der Waals surface area contributed by atoms with Crippen LogP contribution in [0.5, 0.6) is 0 Å². The number of alkyl halides is 1. The van der Waals surface area contributed by atoms with Crippen LogP contribution in [0.1, 0.15) is 44.3 Å². The summed E-state index contributed by atoms with van der Waals surface area (Å²) in [6.45, 7) is 4.13. The molecule has 3 rings (SSSR count). The van der Waals surface area contributed by atoms with E-state index in [1.807, 2.05) is 13.0 Å². The highest BCUT2D eigenvalue weighted by Gasteiger charge is 2.37. The number of hydrogen-bond donors (Lipinski definition) is 0. The van der Waals surface area contributed by atoms with E-state index in [4.69, 9.17) is 11.6 Å². The Bertz CT molecular complexity index is 646. The summed E-state index contributed by atoms with van der Waals surface area (Å²) in [5.41, 5.74) is 1.69. The lowest BCUT2D eigenvalue weighted by atomic mass is 9.78. The van der Waals surface area contributed by atoms with Gasteiger partial charge in [0.25, 0.3) is 0 Å². The third kappa shape index (κ3) is 2.00. The Labute approximate surface area is 125 Å². The van der Waals surface area contributed by atoms with Gasteiger partial charge >= 0.3 is 0 Å². The molecule has 1 fully saturated rings. The molecule has 5 heteroatoms. The Morgan fingerprint density at radius 3 is 2.68 bits per heavy atom. The van der Waals surface area contributed by atoms with E-state index >= 15 is 0 Å². The minimum absolute atomic E-state index is 0.0600. The summed E-state index contributed by atoms with van der Waals surface area (Å²) in [5.74, 6) is 0.543. The average Bonchev–Trinajstić information content (AvgIpc) is 2.66. The summed E-state index contributed by atoms with van der Waals surface area (Å²) in [7, 11) is 0. The molecule has 0 spiro atoms. The standard InChI is InChI=1S/C14H15BrClFN2/c1-8(16)13-18-11-7-10(17)9(15)6-12(11)19(13)14(2)4-3-5-14/h6-8H,3-5H2,1-2H3. The first-order valence-corrected chi connectivity index (χ1v) is 7.67. The van der Waals surface area contributed by atoms with Crippen LogP contribution in [0.15, 0.2) is 16.6 Å². The van der Waals surface area contributed by atoms with Gasteiger partial charge in [-0.25, -0.2) is 9.37 Å². The van der Waals surface area contributed by atoms with Crippen molar-refractivity contribution in [3.8, 4) is 0 Å². The quantitative estimate of drug-likeness (QED) is 0.689. The second kappa shape index (κ2) is 4.45. The maximum atomic E-state index is 13.7. The van der Waals surface area contributed by atoms with E-state index in [1.54, 1.807) is 0 Å². The molecule has 0 N–H and O–H groups in total. The number of halogens is 3. The summed E-state index contributed by atoms with van der Waals surface area (Å²) in [6, 6.07) is 3.28. The Morgan fingerprint density at radius 2 is 2.16 bits per heavy atom. The maximum Gasteiger partial charge on any atom is 0.139 e. The van der Waals surface area contributed by atoms with Gasteiger partial charge in [-0.15, -0.1) is 11.6 Å². The SMILES string of the molecule is CC(Cl)c1nc2cc(F)c(Br)cc2n1C1(C)CCC1. The van der Waals surface area contributed by atoms with Crippen LogP contribution in [0.2, 0.25) is 0 Å². The zero-order valence-corrected chi connectivity index (χ0v) is 13.2. The molecule has 102 valence electrons. The van der Waals surface area contributed by atoms with E-state index in [2.05, 4.69) is 32.4 Å². The molecule has 0 bridgehead atoms. The Hall–Kier alpha value is -0.610. The van der Waals surface area contributed by atoms with E-state index in [1.165, 1.54) is 12.5 Å². The molecule has 1 aliphatic carbocycles. The molecule has 1 aliphatic rings. The van der Waals surface area contributed by atoms with Gasteiger partial charge < -0.3 is 4.57 Å². The van der Waals surface area contributed by atoms with Crippen molar-refractivity contribution in [1.29, 1.82) is 0 Å². The van der Waals surface area contributed by atoms with Crippen LogP contribution in [0, 0.1) is 5.82 Å². The van der Waals surface area contributed by atoms with Gasteiger partial charge in [-0.1, -0.05) is 0 Å². The van der Waals surface area contributed by atoms with Crippen molar-refractivity contribution < 1.29 is 4.39 Å². The number of imidazole rings is 1. The molecule has 2 aromatic rings. The Kier molecular flexibility index (Phi) is 3.13. The fraction of sp³-hybridized carbons (Fsp3) is 0.500. The number of nitrogens with zero attached hydrogens (tertiary/aromatic N) is 2. The molecular formula is C14H15BrClFN2. The minimum Gasteiger partial charge on any atom is -0.321 e. The minimum atomic E-state index is -0.287. The molecule has 0 radical (unpaired) electrons. The van der Waals surface area contributed by atoms with Crippen LogP contribution in [-0.4, -0.2) is 9.55 Å². The van der Waals surface area contributed by atoms with Crippen molar-refractivity contribution in [2.75, 3.05) is 0 Å². The number of hydrogen-bond acceptors (Lipinski definition) is 1. The maximum absolute atomic E-state index is 13.7. The normalized spacial score (nSPS) is 19.4. The van der Waals surface area contributed by atoms with Gasteiger partial charge in [0.1, 0.15) is 11.6 Å². The summed E-state index contributed by atoms with van der Waals surface area (Å²) in [6.07, 6.45) is 3.45. The lowest BCUT2D eigenvalue weighted by Gasteiger charge is -2.41. The van der Waals surface area contributed by atoms with Crippen LogP contribution in [0.4, 0.5) is 4.39 Å². The van der Waals surface area contributed by atoms with E-state index in [-0.39, 0.29) is 16.7 Å². The van der Waals surface area contributed by atoms with Gasteiger partial charge in [0.2, 0.25) is 0 Å². The first kappa shape index (κ1) is 13.4. The van der Waals surface area contributed by atoms with E-state index in [9.17, 15) is 4.39 Å². The fourth-order valence-corrected chi connectivity index (χ4v) is 3.32. The molecule has 2 nitrogen and oxygen atoms in total. The lowest BCUT2D eigenvalue weighted by Crippen LogP contribution is -2.38. The smallest absolute Gasteiger partial charge is 0.139 e. The predicted octanol–water partition coefficient (Wildman–Crippen LogP) is 5.14. The molecule has 1 saturated carbocycles. The molecule has 0 aliphatic heterocycles. The van der Waals surface area contributed by atoms with Crippen LogP contribution < -0.4 is 0 Å². The highest BCUT2D eigenvalue weighted by Crippen LogP contribution is 2.43. The van der Waals surface area contributed by atoms with Crippen LogP contribution >= 0.6 is 27.5 Å². The molecule has 0 saturated heterocycles.